The van der Waals surface area contributed by atoms with Crippen LogP contribution in [0.25, 0.3) is 10.8 Å². The van der Waals surface area contributed by atoms with Crippen molar-refractivity contribution in [3.8, 4) is 0 Å². The zero-order chi connectivity index (χ0) is 25.0. The number of Topliss-reactive ketones (excluding diaryl/α,β-unsaturated/α-hetero) is 1. The van der Waals surface area contributed by atoms with E-state index in [4.69, 9.17) is 0 Å². The van der Waals surface area contributed by atoms with E-state index < -0.39 is 28.1 Å². The molecule has 0 spiro atoms. The summed E-state index contributed by atoms with van der Waals surface area (Å²) in [5.41, 5.74) is 1.34. The molecule has 1 amide bonds. The van der Waals surface area contributed by atoms with E-state index in [1.807, 2.05) is 42.5 Å². The van der Waals surface area contributed by atoms with Gasteiger partial charge in [-0.15, -0.1) is 0 Å². The smallest absolute Gasteiger partial charge is 0.242 e. The van der Waals surface area contributed by atoms with Gasteiger partial charge in [0.1, 0.15) is 0 Å². The van der Waals surface area contributed by atoms with Crippen molar-refractivity contribution in [1.29, 1.82) is 0 Å². The third-order valence-corrected chi connectivity index (χ3v) is 7.34. The van der Waals surface area contributed by atoms with Crippen molar-refractivity contribution in [2.75, 3.05) is 19.0 Å². The lowest BCUT2D eigenvalue weighted by Gasteiger charge is -2.23. The number of nitrogens with zero attached hydrogens (tertiary/aromatic N) is 4. The van der Waals surface area contributed by atoms with Crippen LogP contribution in [0.3, 0.4) is 0 Å². The summed E-state index contributed by atoms with van der Waals surface area (Å²) in [6.45, 7) is 0.201. The standard InChI is InChI=1S/C26H24N4O4S/c1-29(2)35(33,34)23-12-10-22(11-13-23)30(25(32)17-24(31)26-27-14-5-15-28-26)18-19-8-9-20-6-3-4-7-21(20)16-19/h3-16H,17-18H2,1-2H3. The molecule has 1 aromatic heterocycles. The summed E-state index contributed by atoms with van der Waals surface area (Å²) in [5, 5.41) is 2.10. The summed E-state index contributed by atoms with van der Waals surface area (Å²) in [7, 11) is -0.710. The molecule has 8 nitrogen and oxygen atoms in total. The Kier molecular flexibility index (Phi) is 6.99. The molecule has 4 rings (SSSR count). The highest BCUT2D eigenvalue weighted by atomic mass is 32.2. The van der Waals surface area contributed by atoms with Gasteiger partial charge in [0.25, 0.3) is 0 Å². The molecular formula is C26H24N4O4S. The van der Waals surface area contributed by atoms with Gasteiger partial charge in [0, 0.05) is 32.2 Å². The van der Waals surface area contributed by atoms with Gasteiger partial charge in [-0.05, 0) is 52.7 Å². The van der Waals surface area contributed by atoms with Crippen LogP contribution in [0.4, 0.5) is 5.69 Å². The van der Waals surface area contributed by atoms with Crippen molar-refractivity contribution in [1.82, 2.24) is 14.3 Å². The largest absolute Gasteiger partial charge is 0.308 e. The SMILES string of the molecule is CN(C)S(=O)(=O)c1ccc(N(Cc2ccc3ccccc3c2)C(=O)CC(=O)c2ncccn2)cc1. The Morgan fingerprint density at radius 3 is 2.14 bits per heavy atom. The maximum Gasteiger partial charge on any atom is 0.242 e. The van der Waals surface area contributed by atoms with Crippen LogP contribution in [0.5, 0.6) is 0 Å². The van der Waals surface area contributed by atoms with Crippen LogP contribution in [0.2, 0.25) is 0 Å². The molecule has 0 saturated heterocycles. The van der Waals surface area contributed by atoms with Gasteiger partial charge < -0.3 is 4.90 Å². The van der Waals surface area contributed by atoms with Crippen LogP contribution in [0.15, 0.2) is 90.1 Å². The van der Waals surface area contributed by atoms with E-state index in [1.165, 1.54) is 43.5 Å². The molecular weight excluding hydrogens is 464 g/mol. The highest BCUT2D eigenvalue weighted by Gasteiger charge is 2.23. The number of carbonyl (C=O) groups excluding carboxylic acids is 2. The normalized spacial score (nSPS) is 11.5. The quantitative estimate of drug-likeness (QED) is 0.277. The monoisotopic (exact) mass is 488 g/mol. The van der Waals surface area contributed by atoms with Crippen molar-refractivity contribution in [3.05, 3.63) is 96.6 Å². The Bertz CT molecular complexity index is 1470. The molecule has 4 aromatic rings. The van der Waals surface area contributed by atoms with Crippen LogP contribution in [-0.2, 0) is 21.4 Å². The minimum Gasteiger partial charge on any atom is -0.308 e. The van der Waals surface area contributed by atoms with Crippen LogP contribution < -0.4 is 4.90 Å². The molecule has 0 atom stereocenters. The first-order chi connectivity index (χ1) is 16.8. The molecule has 0 aliphatic heterocycles. The average molecular weight is 489 g/mol. The number of sulfonamides is 1. The minimum absolute atomic E-state index is 0.0288. The van der Waals surface area contributed by atoms with E-state index in [0.29, 0.717) is 5.69 Å². The number of ketones is 1. The maximum atomic E-state index is 13.3. The molecule has 9 heteroatoms. The second-order valence-corrected chi connectivity index (χ2v) is 10.3. The molecule has 1 heterocycles. The molecule has 3 aromatic carbocycles. The van der Waals surface area contributed by atoms with E-state index in [0.717, 1.165) is 20.6 Å². The minimum atomic E-state index is -3.62. The van der Waals surface area contributed by atoms with Gasteiger partial charge in [0.05, 0.1) is 17.9 Å². The van der Waals surface area contributed by atoms with Gasteiger partial charge in [-0.1, -0.05) is 36.4 Å². The van der Waals surface area contributed by atoms with Crippen LogP contribution in [0, 0.1) is 0 Å². The lowest BCUT2D eigenvalue weighted by Crippen LogP contribution is -2.32. The van der Waals surface area contributed by atoms with Gasteiger partial charge in [0.2, 0.25) is 21.7 Å². The van der Waals surface area contributed by atoms with Crippen molar-refractivity contribution in [2.24, 2.45) is 0 Å². The van der Waals surface area contributed by atoms with Crippen molar-refractivity contribution in [3.63, 3.8) is 0 Å². The number of hydrogen-bond donors (Lipinski definition) is 0. The van der Waals surface area contributed by atoms with E-state index in [2.05, 4.69) is 9.97 Å². The lowest BCUT2D eigenvalue weighted by molar-refractivity contribution is -0.117. The summed E-state index contributed by atoms with van der Waals surface area (Å²) in [6, 6.07) is 21.4. The zero-order valence-corrected chi connectivity index (χ0v) is 20.1. The van der Waals surface area contributed by atoms with E-state index in [-0.39, 0.29) is 17.3 Å². The third-order valence-electron chi connectivity index (χ3n) is 5.51. The second kappa shape index (κ2) is 10.1. The predicted molar refractivity (Wildman–Crippen MR) is 133 cm³/mol. The molecule has 178 valence electrons. The number of amides is 1. The Morgan fingerprint density at radius 2 is 1.49 bits per heavy atom. The zero-order valence-electron chi connectivity index (χ0n) is 19.3. The molecule has 0 aliphatic carbocycles. The van der Waals surface area contributed by atoms with Crippen LogP contribution in [-0.4, -0.2) is 48.5 Å². The van der Waals surface area contributed by atoms with E-state index in [1.54, 1.807) is 18.2 Å². The molecule has 0 N–H and O–H groups in total. The van der Waals surface area contributed by atoms with E-state index in [9.17, 15) is 18.0 Å². The fourth-order valence-electron chi connectivity index (χ4n) is 3.61. The molecule has 35 heavy (non-hydrogen) atoms. The number of fused-ring (bicyclic) bond motifs is 1. The molecule has 0 saturated carbocycles. The van der Waals surface area contributed by atoms with Crippen molar-refractivity contribution < 1.29 is 18.0 Å². The van der Waals surface area contributed by atoms with Gasteiger partial charge >= 0.3 is 0 Å². The van der Waals surface area contributed by atoms with Crippen molar-refractivity contribution >= 4 is 38.2 Å². The van der Waals surface area contributed by atoms with Gasteiger partial charge in [-0.2, -0.15) is 0 Å². The number of rotatable bonds is 8. The Hall–Kier alpha value is -3.95. The predicted octanol–water partition coefficient (Wildman–Crippen LogP) is 3.69. The summed E-state index contributed by atoms with van der Waals surface area (Å²) in [5.74, 6) is -0.969. The number of carbonyl (C=O) groups is 2. The summed E-state index contributed by atoms with van der Waals surface area (Å²) >= 11 is 0. The number of benzene rings is 3. The highest BCUT2D eigenvalue weighted by Crippen LogP contribution is 2.24. The number of anilines is 1. The number of aromatic nitrogens is 2. The first kappa shape index (κ1) is 24.2. The third kappa shape index (κ3) is 5.42. The summed E-state index contributed by atoms with van der Waals surface area (Å²) < 4.78 is 26.0. The molecule has 0 radical (unpaired) electrons. The summed E-state index contributed by atoms with van der Waals surface area (Å²) in [6.07, 6.45) is 2.47. The fraction of sp³-hybridized carbons (Fsp3) is 0.154. The van der Waals surface area contributed by atoms with Crippen LogP contribution in [0.1, 0.15) is 22.6 Å². The van der Waals surface area contributed by atoms with Gasteiger partial charge in [-0.3, -0.25) is 9.59 Å². The summed E-state index contributed by atoms with van der Waals surface area (Å²) in [4.78, 5) is 35.4. The van der Waals surface area contributed by atoms with Gasteiger partial charge in [0.15, 0.2) is 5.82 Å². The Labute approximate surface area is 203 Å². The molecule has 0 unspecified atom stereocenters. The van der Waals surface area contributed by atoms with Gasteiger partial charge in [-0.25, -0.2) is 22.7 Å². The topological polar surface area (TPSA) is 101 Å². The average Bonchev–Trinajstić information content (AvgIpc) is 2.87. The van der Waals surface area contributed by atoms with Crippen LogP contribution >= 0.6 is 0 Å². The first-order valence-corrected chi connectivity index (χ1v) is 12.3. The number of hydrogen-bond acceptors (Lipinski definition) is 6. The molecule has 0 aliphatic rings. The Morgan fingerprint density at radius 1 is 0.829 bits per heavy atom. The van der Waals surface area contributed by atoms with Crippen molar-refractivity contribution in [2.45, 2.75) is 17.9 Å². The first-order valence-electron chi connectivity index (χ1n) is 10.9. The van der Waals surface area contributed by atoms with E-state index >= 15 is 0 Å². The lowest BCUT2D eigenvalue weighted by atomic mass is 10.1. The maximum absolute atomic E-state index is 13.3. The second-order valence-electron chi connectivity index (χ2n) is 8.12. The highest BCUT2D eigenvalue weighted by molar-refractivity contribution is 7.89. The Balaban J connectivity index is 1.66. The molecule has 0 fully saturated rings. The molecule has 0 bridgehead atoms. The fourth-order valence-corrected chi connectivity index (χ4v) is 4.51.